The Morgan fingerprint density at radius 3 is 2.63 bits per heavy atom. The van der Waals surface area contributed by atoms with Gasteiger partial charge in [0.15, 0.2) is 0 Å². The number of nitrogens with zero attached hydrogens (tertiary/aromatic N) is 5. The van der Waals surface area contributed by atoms with Gasteiger partial charge in [-0.3, -0.25) is 19.6 Å². The maximum Gasteiger partial charge on any atom is 0.407 e. The van der Waals surface area contributed by atoms with E-state index in [0.717, 1.165) is 11.8 Å². The molecule has 2 aromatic rings. The largest absolute Gasteiger partial charge is 0.465 e. The van der Waals surface area contributed by atoms with E-state index in [1.807, 2.05) is 33.8 Å². The van der Waals surface area contributed by atoms with Crippen LogP contribution < -0.4 is 4.90 Å². The van der Waals surface area contributed by atoms with Crippen molar-refractivity contribution < 1.29 is 33.3 Å². The summed E-state index contributed by atoms with van der Waals surface area (Å²) in [5.74, 6) is -1.41. The number of carboxylic acid groups (broad SMARTS) is 1. The standard InChI is InChI=1S/C31H41F2N5O5/c1-20-13-35(24(15-37(20)29(41)42)14-36-7-8-43-19-31(36,4)18-39)16-27(40)38-17-30(2,3)28-26(38)10-21(12-34-28)9-22-5-6-23(32)11-25(22)33/h5-6,10-12,20,24,39H,7-9,13-19H2,1-4H3,(H,41,42)/t20-,24+,31?/m1/s1. The third kappa shape index (κ3) is 6.38. The number of aromatic nitrogens is 1. The molecule has 12 heteroatoms. The van der Waals surface area contributed by atoms with E-state index in [4.69, 9.17) is 4.74 Å². The smallest absolute Gasteiger partial charge is 0.407 e. The van der Waals surface area contributed by atoms with Gasteiger partial charge in [0.25, 0.3) is 0 Å². The molecule has 2 N–H and O–H groups in total. The molecule has 0 spiro atoms. The Balaban J connectivity index is 1.38. The highest BCUT2D eigenvalue weighted by atomic mass is 19.1. The number of hydrogen-bond acceptors (Lipinski definition) is 7. The molecule has 1 unspecified atom stereocenters. The summed E-state index contributed by atoms with van der Waals surface area (Å²) < 4.78 is 33.4. The summed E-state index contributed by atoms with van der Waals surface area (Å²) in [7, 11) is 0. The molecule has 4 heterocycles. The Labute approximate surface area is 250 Å². The minimum atomic E-state index is -0.998. The van der Waals surface area contributed by atoms with Crippen molar-refractivity contribution in [2.75, 3.05) is 64.0 Å². The number of amides is 2. The summed E-state index contributed by atoms with van der Waals surface area (Å²) in [6, 6.07) is 4.77. The number of aliphatic hydroxyl groups excluding tert-OH is 1. The maximum atomic E-state index is 14.4. The van der Waals surface area contributed by atoms with Gasteiger partial charge in [-0.25, -0.2) is 13.6 Å². The topological polar surface area (TPSA) is 110 Å². The molecular weight excluding hydrogens is 560 g/mol. The van der Waals surface area contributed by atoms with Crippen LogP contribution in [-0.2, 0) is 21.4 Å². The molecule has 3 atom stereocenters. The van der Waals surface area contributed by atoms with Gasteiger partial charge in [-0.15, -0.1) is 0 Å². The van der Waals surface area contributed by atoms with Gasteiger partial charge in [0.05, 0.1) is 43.3 Å². The molecule has 2 saturated heterocycles. The minimum Gasteiger partial charge on any atom is -0.465 e. The van der Waals surface area contributed by atoms with Crippen molar-refractivity contribution >= 4 is 17.7 Å². The Kier molecular flexibility index (Phi) is 8.77. The van der Waals surface area contributed by atoms with Gasteiger partial charge in [-0.2, -0.15) is 0 Å². The number of carbonyl (C=O) groups excluding carboxylic acids is 1. The van der Waals surface area contributed by atoms with Gasteiger partial charge in [0, 0.05) is 68.9 Å². The van der Waals surface area contributed by atoms with E-state index < -0.39 is 28.7 Å². The highest BCUT2D eigenvalue weighted by Crippen LogP contribution is 2.40. The lowest BCUT2D eigenvalue weighted by Crippen LogP contribution is -2.66. The molecule has 5 rings (SSSR count). The van der Waals surface area contributed by atoms with Crippen LogP contribution in [-0.4, -0.2) is 119 Å². The lowest BCUT2D eigenvalue weighted by Gasteiger charge is -2.49. The summed E-state index contributed by atoms with van der Waals surface area (Å²) in [6.45, 7) is 10.8. The number of fused-ring (bicyclic) bond motifs is 1. The summed E-state index contributed by atoms with van der Waals surface area (Å²) >= 11 is 0. The van der Waals surface area contributed by atoms with Crippen LogP contribution in [0.25, 0.3) is 0 Å². The number of piperazine rings is 1. The van der Waals surface area contributed by atoms with E-state index in [2.05, 4.69) is 14.8 Å². The Morgan fingerprint density at radius 2 is 1.93 bits per heavy atom. The van der Waals surface area contributed by atoms with Crippen molar-refractivity contribution in [3.8, 4) is 0 Å². The molecule has 10 nitrogen and oxygen atoms in total. The maximum absolute atomic E-state index is 14.4. The second kappa shape index (κ2) is 12.1. The van der Waals surface area contributed by atoms with Crippen molar-refractivity contribution in [3.63, 3.8) is 0 Å². The minimum absolute atomic E-state index is 0.0784. The van der Waals surface area contributed by atoms with E-state index in [9.17, 15) is 28.6 Å². The van der Waals surface area contributed by atoms with Crippen molar-refractivity contribution in [2.45, 2.75) is 57.2 Å². The molecule has 1 aromatic carbocycles. The number of ether oxygens (including phenoxy) is 1. The number of morpholine rings is 1. The van der Waals surface area contributed by atoms with Crippen molar-refractivity contribution in [1.29, 1.82) is 0 Å². The number of carbonyl (C=O) groups is 2. The van der Waals surface area contributed by atoms with Crippen LogP contribution in [0.5, 0.6) is 0 Å². The van der Waals surface area contributed by atoms with Crippen LogP contribution in [0, 0.1) is 11.6 Å². The van der Waals surface area contributed by atoms with Gasteiger partial charge in [0.1, 0.15) is 11.6 Å². The molecule has 3 aliphatic heterocycles. The number of hydrogen-bond donors (Lipinski definition) is 2. The fraction of sp³-hybridized carbons (Fsp3) is 0.581. The summed E-state index contributed by atoms with van der Waals surface area (Å²) in [5, 5.41) is 20.0. The predicted molar refractivity (Wildman–Crippen MR) is 156 cm³/mol. The third-order valence-electron chi connectivity index (χ3n) is 9.11. The molecule has 0 aliphatic carbocycles. The molecule has 0 radical (unpaired) electrons. The van der Waals surface area contributed by atoms with Gasteiger partial charge in [0.2, 0.25) is 5.91 Å². The summed E-state index contributed by atoms with van der Waals surface area (Å²) in [5.41, 5.74) is 1.48. The van der Waals surface area contributed by atoms with Gasteiger partial charge < -0.3 is 24.7 Å². The average Bonchev–Trinajstić information content (AvgIpc) is 3.22. The van der Waals surface area contributed by atoms with Crippen molar-refractivity contribution in [1.82, 2.24) is 19.7 Å². The lowest BCUT2D eigenvalue weighted by molar-refractivity contribution is -0.123. The van der Waals surface area contributed by atoms with E-state index in [0.29, 0.717) is 56.2 Å². The second-order valence-corrected chi connectivity index (χ2v) is 13.0. The summed E-state index contributed by atoms with van der Waals surface area (Å²) in [6.07, 6.45) is 0.886. The first-order valence-corrected chi connectivity index (χ1v) is 14.7. The fourth-order valence-corrected chi connectivity index (χ4v) is 6.52. The number of anilines is 1. The Bertz CT molecular complexity index is 1380. The molecule has 234 valence electrons. The molecule has 0 bridgehead atoms. The first-order valence-electron chi connectivity index (χ1n) is 14.7. The zero-order valence-electron chi connectivity index (χ0n) is 25.2. The number of halogens is 2. The molecule has 1 aromatic heterocycles. The summed E-state index contributed by atoms with van der Waals surface area (Å²) in [4.78, 5) is 38.1. The SMILES string of the molecule is C[C@@H]1CN(CC(=O)N2CC(C)(C)c3ncc(Cc4ccc(F)cc4F)cc32)[C@@H](CN2CCOCC2(C)CO)CN1C(=O)O. The highest BCUT2D eigenvalue weighted by Gasteiger charge is 2.43. The Hall–Kier alpha value is -3.19. The number of pyridine rings is 1. The van der Waals surface area contributed by atoms with E-state index in [-0.39, 0.29) is 44.1 Å². The van der Waals surface area contributed by atoms with Crippen LogP contribution in [0.2, 0.25) is 0 Å². The second-order valence-electron chi connectivity index (χ2n) is 13.0. The van der Waals surface area contributed by atoms with Crippen LogP contribution in [0.4, 0.5) is 19.3 Å². The van der Waals surface area contributed by atoms with Crippen LogP contribution in [0.15, 0.2) is 30.5 Å². The molecule has 3 aliphatic rings. The van der Waals surface area contributed by atoms with Crippen molar-refractivity contribution in [3.05, 3.63) is 58.9 Å². The monoisotopic (exact) mass is 601 g/mol. The van der Waals surface area contributed by atoms with Gasteiger partial charge in [-0.1, -0.05) is 19.9 Å². The first kappa shape index (κ1) is 31.2. The zero-order chi connectivity index (χ0) is 31.1. The molecule has 2 fully saturated rings. The van der Waals surface area contributed by atoms with Crippen LogP contribution >= 0.6 is 0 Å². The van der Waals surface area contributed by atoms with Crippen LogP contribution in [0.1, 0.15) is 44.5 Å². The first-order chi connectivity index (χ1) is 20.3. The molecule has 43 heavy (non-hydrogen) atoms. The van der Waals surface area contributed by atoms with Crippen LogP contribution in [0.3, 0.4) is 0 Å². The number of aliphatic hydroxyl groups is 1. The van der Waals surface area contributed by atoms with E-state index in [1.165, 1.54) is 17.0 Å². The number of rotatable bonds is 7. The molecular formula is C31H41F2N5O5. The highest BCUT2D eigenvalue weighted by molar-refractivity contribution is 5.97. The molecule has 2 amide bonds. The third-order valence-corrected chi connectivity index (χ3v) is 9.11. The van der Waals surface area contributed by atoms with Gasteiger partial charge in [-0.05, 0) is 37.1 Å². The normalized spacial score (nSPS) is 26.0. The lowest BCUT2D eigenvalue weighted by atomic mass is 9.91. The number of benzene rings is 1. The predicted octanol–water partition coefficient (Wildman–Crippen LogP) is 2.71. The zero-order valence-corrected chi connectivity index (χ0v) is 25.2. The van der Waals surface area contributed by atoms with Crippen molar-refractivity contribution in [2.24, 2.45) is 0 Å². The molecule has 0 saturated carbocycles. The van der Waals surface area contributed by atoms with E-state index >= 15 is 0 Å². The fourth-order valence-electron chi connectivity index (χ4n) is 6.52. The Morgan fingerprint density at radius 1 is 1.16 bits per heavy atom. The van der Waals surface area contributed by atoms with E-state index in [1.54, 1.807) is 11.1 Å². The average molecular weight is 602 g/mol. The quantitative estimate of drug-likeness (QED) is 0.499. The van der Waals surface area contributed by atoms with Gasteiger partial charge >= 0.3 is 6.09 Å².